The number of rotatable bonds is 24. The van der Waals surface area contributed by atoms with Crippen LogP contribution in [0.3, 0.4) is 0 Å². The molecule has 31 heavy (non-hydrogen) atoms. The molecule has 3 heteroatoms. The van der Waals surface area contributed by atoms with Gasteiger partial charge in [-0.15, -0.1) is 0 Å². The highest BCUT2D eigenvalue weighted by molar-refractivity contribution is 5.76. The van der Waals surface area contributed by atoms with E-state index < -0.39 is 0 Å². The lowest BCUT2D eigenvalue weighted by atomic mass is 9.84. The number of hydrogen-bond acceptors (Lipinski definition) is 2. The predicted octanol–water partition coefficient (Wildman–Crippen LogP) is 8.09. The van der Waals surface area contributed by atoms with Gasteiger partial charge in [0.05, 0.1) is 0 Å². The van der Waals surface area contributed by atoms with Crippen LogP contribution in [-0.4, -0.2) is 17.6 Å². The summed E-state index contributed by atoms with van der Waals surface area (Å²) in [6.45, 7) is 4.50. The minimum absolute atomic E-state index is 0.0531. The third kappa shape index (κ3) is 19.6. The van der Waals surface area contributed by atoms with Gasteiger partial charge in [-0.05, 0) is 44.4 Å². The maximum absolute atomic E-state index is 11.8. The first-order valence-electron chi connectivity index (χ1n) is 13.7. The van der Waals surface area contributed by atoms with Crippen molar-refractivity contribution in [2.24, 2.45) is 17.6 Å². The van der Waals surface area contributed by atoms with E-state index in [1.54, 1.807) is 0 Å². The van der Waals surface area contributed by atoms with Crippen molar-refractivity contribution in [2.75, 3.05) is 6.61 Å². The zero-order valence-electron chi connectivity index (χ0n) is 21.1. The average Bonchev–Trinajstić information content (AvgIpc) is 2.76. The normalized spacial score (nSPS) is 13.6. The lowest BCUT2D eigenvalue weighted by molar-refractivity contribution is -0.124. The van der Waals surface area contributed by atoms with Gasteiger partial charge >= 0.3 is 0 Å². The van der Waals surface area contributed by atoms with Crippen LogP contribution in [0.4, 0.5) is 0 Å². The molecule has 0 fully saturated rings. The third-order valence-corrected chi connectivity index (χ3v) is 6.62. The SMILES string of the molecule is CCCCCCCCC=CCCCCCCCCCCC(C(N)=O)C(CO)CCCC. The molecule has 0 radical (unpaired) electrons. The van der Waals surface area contributed by atoms with Crippen molar-refractivity contribution >= 4 is 5.91 Å². The van der Waals surface area contributed by atoms with Gasteiger partial charge < -0.3 is 10.8 Å². The van der Waals surface area contributed by atoms with Gasteiger partial charge in [0.15, 0.2) is 0 Å². The number of aliphatic hydroxyl groups excluding tert-OH is 1. The minimum Gasteiger partial charge on any atom is -0.396 e. The topological polar surface area (TPSA) is 63.3 Å². The van der Waals surface area contributed by atoms with Crippen LogP contribution in [0.15, 0.2) is 12.2 Å². The Morgan fingerprint density at radius 3 is 1.58 bits per heavy atom. The van der Waals surface area contributed by atoms with Crippen LogP contribution in [0.5, 0.6) is 0 Å². The van der Waals surface area contributed by atoms with E-state index in [-0.39, 0.29) is 24.3 Å². The highest BCUT2D eigenvalue weighted by Gasteiger charge is 2.24. The van der Waals surface area contributed by atoms with Gasteiger partial charge in [-0.2, -0.15) is 0 Å². The largest absolute Gasteiger partial charge is 0.396 e. The number of unbranched alkanes of at least 4 members (excludes halogenated alkanes) is 15. The van der Waals surface area contributed by atoms with Crippen LogP contribution in [-0.2, 0) is 4.79 Å². The third-order valence-electron chi connectivity index (χ3n) is 6.62. The standard InChI is InChI=1S/C28H55NO2/c1-3-5-7-8-9-10-11-12-13-14-15-16-17-18-19-20-21-22-24-27(28(29)31)26(25-30)23-6-4-2/h12-13,26-27,30H,3-11,14-25H2,1-2H3,(H2,29,31). The van der Waals surface area contributed by atoms with E-state index in [4.69, 9.17) is 5.73 Å². The molecule has 0 rings (SSSR count). The molecule has 1 amide bonds. The van der Waals surface area contributed by atoms with Crippen LogP contribution in [0, 0.1) is 11.8 Å². The number of hydrogen-bond donors (Lipinski definition) is 2. The van der Waals surface area contributed by atoms with Crippen molar-refractivity contribution in [1.29, 1.82) is 0 Å². The molecular weight excluding hydrogens is 382 g/mol. The zero-order valence-corrected chi connectivity index (χ0v) is 21.1. The van der Waals surface area contributed by atoms with Gasteiger partial charge in [0.25, 0.3) is 0 Å². The Balaban J connectivity index is 3.52. The molecule has 3 N–H and O–H groups in total. The van der Waals surface area contributed by atoms with Gasteiger partial charge in [0.1, 0.15) is 0 Å². The highest BCUT2D eigenvalue weighted by atomic mass is 16.3. The molecule has 2 unspecified atom stereocenters. The molecule has 0 aromatic rings. The van der Waals surface area contributed by atoms with Gasteiger partial charge in [0.2, 0.25) is 5.91 Å². The fourth-order valence-electron chi connectivity index (χ4n) is 4.46. The van der Waals surface area contributed by atoms with Gasteiger partial charge in [0, 0.05) is 12.5 Å². The molecule has 0 aliphatic carbocycles. The van der Waals surface area contributed by atoms with E-state index in [9.17, 15) is 9.90 Å². The monoisotopic (exact) mass is 437 g/mol. The van der Waals surface area contributed by atoms with Crippen molar-refractivity contribution in [3.63, 3.8) is 0 Å². The van der Waals surface area contributed by atoms with E-state index in [2.05, 4.69) is 26.0 Å². The van der Waals surface area contributed by atoms with E-state index in [1.807, 2.05) is 0 Å². The van der Waals surface area contributed by atoms with E-state index in [1.165, 1.54) is 96.3 Å². The van der Waals surface area contributed by atoms with Crippen LogP contribution < -0.4 is 5.73 Å². The summed E-state index contributed by atoms with van der Waals surface area (Å²) in [7, 11) is 0. The fourth-order valence-corrected chi connectivity index (χ4v) is 4.46. The van der Waals surface area contributed by atoms with Crippen LogP contribution in [0.25, 0.3) is 0 Å². The molecule has 0 aromatic carbocycles. The Bertz CT molecular complexity index is 408. The number of nitrogens with two attached hydrogens (primary N) is 1. The summed E-state index contributed by atoms with van der Waals surface area (Å²) in [4.78, 5) is 11.8. The molecular formula is C28H55NO2. The molecule has 0 bridgehead atoms. The van der Waals surface area contributed by atoms with Gasteiger partial charge in [-0.3, -0.25) is 4.79 Å². The van der Waals surface area contributed by atoms with Gasteiger partial charge in [-0.1, -0.05) is 116 Å². The van der Waals surface area contributed by atoms with Crippen molar-refractivity contribution in [2.45, 2.75) is 142 Å². The van der Waals surface area contributed by atoms with E-state index in [0.29, 0.717) is 0 Å². The summed E-state index contributed by atoms with van der Waals surface area (Å²) in [5, 5.41) is 9.61. The molecule has 0 spiro atoms. The molecule has 0 aromatic heterocycles. The Morgan fingerprint density at radius 1 is 0.677 bits per heavy atom. The smallest absolute Gasteiger partial charge is 0.220 e. The second-order valence-corrected chi connectivity index (χ2v) is 9.53. The summed E-state index contributed by atoms with van der Waals surface area (Å²) in [5.74, 6) is -0.320. The van der Waals surface area contributed by atoms with Gasteiger partial charge in [-0.25, -0.2) is 0 Å². The molecule has 184 valence electrons. The minimum atomic E-state index is -0.226. The summed E-state index contributed by atoms with van der Waals surface area (Å²) < 4.78 is 0. The number of amides is 1. The zero-order chi connectivity index (χ0) is 23.0. The number of aliphatic hydroxyl groups is 1. The summed E-state index contributed by atoms with van der Waals surface area (Å²) >= 11 is 0. The maximum Gasteiger partial charge on any atom is 0.220 e. The second kappa shape index (κ2) is 23.8. The first kappa shape index (κ1) is 30.2. The Hall–Kier alpha value is -0.830. The first-order valence-corrected chi connectivity index (χ1v) is 13.7. The molecule has 0 aliphatic rings. The van der Waals surface area contributed by atoms with E-state index >= 15 is 0 Å². The lowest BCUT2D eigenvalue weighted by Crippen LogP contribution is -2.32. The molecule has 0 saturated carbocycles. The molecule has 2 atom stereocenters. The highest BCUT2D eigenvalue weighted by Crippen LogP contribution is 2.24. The summed E-state index contributed by atoms with van der Waals surface area (Å²) in [6.07, 6.45) is 29.7. The average molecular weight is 438 g/mol. The number of carbonyl (C=O) groups is 1. The van der Waals surface area contributed by atoms with E-state index in [0.717, 1.165) is 32.1 Å². The summed E-state index contributed by atoms with van der Waals surface area (Å²) in [5.41, 5.74) is 5.61. The molecule has 0 heterocycles. The predicted molar refractivity (Wildman–Crippen MR) is 136 cm³/mol. The summed E-state index contributed by atoms with van der Waals surface area (Å²) in [6, 6.07) is 0. The van der Waals surface area contributed by atoms with Crippen LogP contribution in [0.2, 0.25) is 0 Å². The van der Waals surface area contributed by atoms with Crippen molar-refractivity contribution in [3.8, 4) is 0 Å². The quantitative estimate of drug-likeness (QED) is 0.118. The first-order chi connectivity index (χ1) is 15.2. The number of allylic oxidation sites excluding steroid dienone is 2. The Labute approximate surface area is 194 Å². The molecule has 0 saturated heterocycles. The Kier molecular flexibility index (Phi) is 23.2. The molecule has 0 aliphatic heterocycles. The van der Waals surface area contributed by atoms with Crippen molar-refractivity contribution < 1.29 is 9.90 Å². The fraction of sp³-hybridized carbons (Fsp3) is 0.893. The van der Waals surface area contributed by atoms with Crippen LogP contribution in [0.1, 0.15) is 142 Å². The Morgan fingerprint density at radius 2 is 1.13 bits per heavy atom. The number of carbonyl (C=O) groups excluding carboxylic acids is 1. The maximum atomic E-state index is 11.8. The van der Waals surface area contributed by atoms with Crippen molar-refractivity contribution in [1.82, 2.24) is 0 Å². The molecule has 3 nitrogen and oxygen atoms in total. The van der Waals surface area contributed by atoms with Crippen molar-refractivity contribution in [3.05, 3.63) is 12.2 Å². The number of primary amides is 1. The lowest BCUT2D eigenvalue weighted by Gasteiger charge is -2.22. The second-order valence-electron chi connectivity index (χ2n) is 9.53. The van der Waals surface area contributed by atoms with Crippen LogP contribution >= 0.6 is 0 Å².